The van der Waals surface area contributed by atoms with Crippen LogP contribution in [0.25, 0.3) is 44.2 Å². The summed E-state index contributed by atoms with van der Waals surface area (Å²) >= 11 is 0. The van der Waals surface area contributed by atoms with E-state index in [1.807, 2.05) is 60.7 Å². The summed E-state index contributed by atoms with van der Waals surface area (Å²) in [4.78, 5) is 1.60. The lowest BCUT2D eigenvalue weighted by molar-refractivity contribution is 1.28. The Labute approximate surface area is 259 Å². The molecule has 0 aromatic heterocycles. The van der Waals surface area contributed by atoms with Crippen LogP contribution in [0.3, 0.4) is 0 Å². The Bertz CT molecular complexity index is 2570. The third-order valence-corrected chi connectivity index (χ3v) is 6.66. The van der Waals surface area contributed by atoms with Crippen LogP contribution in [0.1, 0.15) is 17.8 Å². The van der Waals surface area contributed by atoms with Gasteiger partial charge in [0.25, 0.3) is 0 Å². The van der Waals surface area contributed by atoms with E-state index < -0.39 is 101 Å². The second kappa shape index (κ2) is 11.0. The molecule has 0 N–H and O–H groups in total. The smallest absolute Gasteiger partial charge is 0.0645 e. The van der Waals surface area contributed by atoms with Crippen molar-refractivity contribution in [2.24, 2.45) is 0 Å². The van der Waals surface area contributed by atoms with Crippen molar-refractivity contribution >= 4 is 27.8 Å². The Balaban J connectivity index is 1.43. The van der Waals surface area contributed by atoms with Gasteiger partial charge in [0.05, 0.1) is 17.8 Å². The van der Waals surface area contributed by atoms with Crippen LogP contribution in [0.15, 0.2) is 176 Å². The van der Waals surface area contributed by atoms with Crippen LogP contribution in [0.4, 0.5) is 17.1 Å². The first-order valence-electron chi connectivity index (χ1n) is 19.5. The SMILES string of the molecule is [2H]c1c([2H])c([2H])c(-c2c([2H])c([2H])c(-c3c([2H])c([2H])c(N(c4ccccc4)c4cccc(-c5ccc6ccccc6c5)c4)c([2H])c3[2H])c([2H])c2[2H])c([2H])c1[2H]. The van der Waals surface area contributed by atoms with E-state index in [1.54, 1.807) is 35.2 Å². The van der Waals surface area contributed by atoms with Gasteiger partial charge in [-0.05, 0) is 86.6 Å². The molecule has 7 rings (SSSR count). The third-order valence-electron chi connectivity index (χ3n) is 6.66. The molecule has 7 aromatic carbocycles. The summed E-state index contributed by atoms with van der Waals surface area (Å²) < 4.78 is 113. The van der Waals surface area contributed by atoms with Crippen molar-refractivity contribution in [2.45, 2.75) is 0 Å². The fraction of sp³-hybridized carbons (Fsp3) is 0. The maximum absolute atomic E-state index is 9.25. The molecule has 0 heterocycles. The summed E-state index contributed by atoms with van der Waals surface area (Å²) in [6.07, 6.45) is 0. The topological polar surface area (TPSA) is 3.24 Å². The van der Waals surface area contributed by atoms with Crippen molar-refractivity contribution in [3.05, 3.63) is 176 Å². The minimum absolute atomic E-state index is 0.110. The molecule has 0 saturated heterocycles. The molecule has 0 amide bonds. The van der Waals surface area contributed by atoms with E-state index in [4.69, 9.17) is 15.1 Å². The number of nitrogens with zero attached hydrogens (tertiary/aromatic N) is 1. The highest BCUT2D eigenvalue weighted by atomic mass is 15.1. The van der Waals surface area contributed by atoms with Crippen LogP contribution in [-0.2, 0) is 0 Å². The normalized spacial score (nSPS) is 15.4. The van der Waals surface area contributed by atoms with Gasteiger partial charge in [-0.25, -0.2) is 0 Å². The van der Waals surface area contributed by atoms with Gasteiger partial charge < -0.3 is 4.90 Å². The zero-order chi connectivity index (χ0) is 38.7. The third kappa shape index (κ3) is 5.14. The van der Waals surface area contributed by atoms with E-state index in [0.717, 1.165) is 21.9 Å². The molecule has 0 bridgehead atoms. The van der Waals surface area contributed by atoms with Gasteiger partial charge in [-0.2, -0.15) is 0 Å². The first-order chi connectivity index (χ1) is 25.7. The number of rotatable bonds is 6. The molecule has 7 aromatic rings. The zero-order valence-corrected chi connectivity index (χ0v) is 21.7. The van der Waals surface area contributed by atoms with Crippen molar-refractivity contribution in [3.63, 3.8) is 0 Å². The Kier molecular flexibility index (Phi) is 3.83. The molecule has 0 spiro atoms. The molecule has 0 atom stereocenters. The molecule has 0 radical (unpaired) electrons. The molecule has 194 valence electrons. The van der Waals surface area contributed by atoms with Gasteiger partial charge in [0.2, 0.25) is 0 Å². The minimum Gasteiger partial charge on any atom is -0.310 e. The molecule has 0 saturated carbocycles. The molecular weight excluding hydrogens is 494 g/mol. The molecule has 0 aliphatic carbocycles. The molecule has 0 unspecified atom stereocenters. The Hall–Kier alpha value is -5.40. The zero-order valence-electron chi connectivity index (χ0n) is 34.7. The largest absolute Gasteiger partial charge is 0.310 e. The lowest BCUT2D eigenvalue weighted by Gasteiger charge is -2.26. The predicted molar refractivity (Wildman–Crippen MR) is 175 cm³/mol. The van der Waals surface area contributed by atoms with Crippen LogP contribution < -0.4 is 4.90 Å². The second-order valence-electron chi connectivity index (χ2n) is 9.26. The van der Waals surface area contributed by atoms with Gasteiger partial charge in [-0.1, -0.05) is 133 Å². The van der Waals surface area contributed by atoms with Gasteiger partial charge in [0.15, 0.2) is 0 Å². The van der Waals surface area contributed by atoms with Gasteiger partial charge in [0, 0.05) is 17.1 Å². The first-order valence-corrected chi connectivity index (χ1v) is 13.0. The van der Waals surface area contributed by atoms with Crippen molar-refractivity contribution < 1.29 is 17.8 Å². The number of anilines is 3. The molecule has 41 heavy (non-hydrogen) atoms. The van der Waals surface area contributed by atoms with Gasteiger partial charge in [0.1, 0.15) is 0 Å². The Morgan fingerprint density at radius 1 is 0.341 bits per heavy atom. The van der Waals surface area contributed by atoms with E-state index in [0.29, 0.717) is 11.4 Å². The summed E-state index contributed by atoms with van der Waals surface area (Å²) in [6, 6.07) is 21.6. The highest BCUT2D eigenvalue weighted by Gasteiger charge is 2.14. The van der Waals surface area contributed by atoms with Gasteiger partial charge >= 0.3 is 0 Å². The quantitative estimate of drug-likeness (QED) is 0.204. The number of hydrogen-bond donors (Lipinski definition) is 0. The Morgan fingerprint density at radius 3 is 1.61 bits per heavy atom. The maximum Gasteiger partial charge on any atom is 0.0645 e. The van der Waals surface area contributed by atoms with Crippen LogP contribution in [0.2, 0.25) is 0 Å². The van der Waals surface area contributed by atoms with E-state index in [-0.39, 0.29) is 5.69 Å². The highest BCUT2D eigenvalue weighted by Crippen LogP contribution is 2.38. The van der Waals surface area contributed by atoms with Crippen molar-refractivity contribution in [3.8, 4) is 33.4 Å². The maximum atomic E-state index is 9.25. The van der Waals surface area contributed by atoms with Crippen molar-refractivity contribution in [2.75, 3.05) is 4.90 Å². The second-order valence-corrected chi connectivity index (χ2v) is 9.26. The summed E-state index contributed by atoms with van der Waals surface area (Å²) in [5, 5.41) is 2.13. The van der Waals surface area contributed by atoms with E-state index in [2.05, 4.69) is 6.07 Å². The summed E-state index contributed by atoms with van der Waals surface area (Å²) in [5.74, 6) is 0. The molecule has 0 aliphatic heterocycles. The fourth-order valence-corrected chi connectivity index (χ4v) is 4.66. The summed E-state index contributed by atoms with van der Waals surface area (Å²) in [6.45, 7) is 0. The molecular formula is C40H29N. The molecule has 0 fully saturated rings. The fourth-order valence-electron chi connectivity index (χ4n) is 4.66. The standard InChI is InChI=1S/C40H29N/c1-3-10-30(11-4-1)32-18-20-33(21-19-32)34-24-26-39(27-25-34)41(38-15-5-2-6-16-38)40-17-9-14-36(29-40)37-23-22-31-12-7-8-13-35(31)28-37/h1-29H/i1D,3D,4D,10D,11D,18D,19D,20D,21D,24D,25D,26D,27D. The number of para-hydroxylation sites is 1. The van der Waals surface area contributed by atoms with Crippen LogP contribution in [0, 0.1) is 0 Å². The van der Waals surface area contributed by atoms with E-state index in [9.17, 15) is 2.74 Å². The first kappa shape index (κ1) is 14.3. The van der Waals surface area contributed by atoms with Crippen molar-refractivity contribution in [1.82, 2.24) is 0 Å². The lowest BCUT2D eigenvalue weighted by Crippen LogP contribution is -2.09. The number of fused-ring (bicyclic) bond motifs is 1. The lowest BCUT2D eigenvalue weighted by atomic mass is 9.99. The van der Waals surface area contributed by atoms with E-state index >= 15 is 0 Å². The van der Waals surface area contributed by atoms with Crippen LogP contribution >= 0.6 is 0 Å². The molecule has 0 aliphatic rings. The number of benzene rings is 7. The molecule has 1 heteroatoms. The monoisotopic (exact) mass is 536 g/mol. The van der Waals surface area contributed by atoms with Gasteiger partial charge in [-0.3, -0.25) is 0 Å². The number of hydrogen-bond acceptors (Lipinski definition) is 1. The summed E-state index contributed by atoms with van der Waals surface area (Å²) in [5.41, 5.74) is 0.666. The predicted octanol–water partition coefficient (Wildman–Crippen LogP) is 11.3. The molecule has 1 nitrogen and oxygen atoms in total. The summed E-state index contributed by atoms with van der Waals surface area (Å²) in [7, 11) is 0. The average Bonchev–Trinajstić information content (AvgIpc) is 3.19. The van der Waals surface area contributed by atoms with E-state index in [1.165, 1.54) is 0 Å². The van der Waals surface area contributed by atoms with Gasteiger partial charge in [-0.15, -0.1) is 0 Å². The Morgan fingerprint density at radius 2 is 0.902 bits per heavy atom. The van der Waals surface area contributed by atoms with Crippen LogP contribution in [0.5, 0.6) is 0 Å². The van der Waals surface area contributed by atoms with Crippen molar-refractivity contribution in [1.29, 1.82) is 0 Å². The average molecular weight is 537 g/mol. The minimum atomic E-state index is -0.762. The highest BCUT2D eigenvalue weighted by molar-refractivity contribution is 5.88. The van der Waals surface area contributed by atoms with Crippen LogP contribution in [-0.4, -0.2) is 0 Å².